The molecule has 1 aliphatic rings. The van der Waals surface area contributed by atoms with Crippen molar-refractivity contribution in [1.82, 2.24) is 0 Å². The Kier molecular flexibility index (Phi) is 3.24. The molecule has 0 bridgehead atoms. The lowest BCUT2D eigenvalue weighted by Crippen LogP contribution is -2.28. The first-order chi connectivity index (χ1) is 11.4. The van der Waals surface area contributed by atoms with E-state index in [9.17, 15) is 9.90 Å². The Morgan fingerprint density at radius 1 is 1.17 bits per heavy atom. The van der Waals surface area contributed by atoms with Crippen LogP contribution in [0.2, 0.25) is 5.02 Å². The molecule has 122 valence electrons. The number of ether oxygens (including phenoxy) is 1. The number of fused-ring (bicyclic) bond motifs is 2. The third-order valence-electron chi connectivity index (χ3n) is 4.45. The highest BCUT2D eigenvalue weighted by molar-refractivity contribution is 6.30. The van der Waals surface area contributed by atoms with Gasteiger partial charge in [-0.2, -0.15) is 0 Å². The van der Waals surface area contributed by atoms with Gasteiger partial charge in [0.05, 0.1) is 0 Å². The molecule has 0 spiro atoms. The van der Waals surface area contributed by atoms with Crippen molar-refractivity contribution in [3.05, 3.63) is 74.6 Å². The summed E-state index contributed by atoms with van der Waals surface area (Å²) in [6.45, 7) is 3.62. The van der Waals surface area contributed by atoms with Gasteiger partial charge in [0.1, 0.15) is 16.9 Å². The summed E-state index contributed by atoms with van der Waals surface area (Å²) in [5, 5.41) is 12.4. The fourth-order valence-corrected chi connectivity index (χ4v) is 3.44. The molecule has 1 aliphatic heterocycles. The lowest BCUT2D eigenvalue weighted by molar-refractivity contribution is -0.0255. The molecule has 1 aromatic heterocycles. The number of aryl methyl sites for hydroxylation is 1. The summed E-state index contributed by atoms with van der Waals surface area (Å²) < 4.78 is 11.2. The zero-order chi connectivity index (χ0) is 17.1. The summed E-state index contributed by atoms with van der Waals surface area (Å²) in [5.74, 6) is 0.559. The summed E-state index contributed by atoms with van der Waals surface area (Å²) in [6.07, 6.45) is -0.723. The van der Waals surface area contributed by atoms with Gasteiger partial charge in [-0.15, -0.1) is 0 Å². The molecule has 24 heavy (non-hydrogen) atoms. The van der Waals surface area contributed by atoms with E-state index in [1.165, 1.54) is 6.07 Å². The van der Waals surface area contributed by atoms with E-state index in [0.717, 1.165) is 10.9 Å². The molecule has 2 aromatic carbocycles. The van der Waals surface area contributed by atoms with Crippen molar-refractivity contribution in [2.24, 2.45) is 0 Å². The Balaban J connectivity index is 1.96. The molecule has 0 fully saturated rings. The summed E-state index contributed by atoms with van der Waals surface area (Å²) in [6, 6.07) is 12.1. The topological polar surface area (TPSA) is 59.7 Å². The number of hydrogen-bond acceptors (Lipinski definition) is 4. The largest absolute Gasteiger partial charge is 0.482 e. The van der Waals surface area contributed by atoms with Crippen LogP contribution < -0.4 is 10.4 Å². The minimum absolute atomic E-state index is 0.469. The van der Waals surface area contributed by atoms with E-state index < -0.39 is 17.3 Å². The zero-order valence-corrected chi connectivity index (χ0v) is 13.9. The maximum atomic E-state index is 12.0. The van der Waals surface area contributed by atoms with Crippen molar-refractivity contribution >= 4 is 22.6 Å². The van der Waals surface area contributed by atoms with Gasteiger partial charge >= 0.3 is 5.63 Å². The average Bonchev–Trinajstić information content (AvgIpc) is 2.78. The van der Waals surface area contributed by atoms with E-state index in [1.54, 1.807) is 31.2 Å². The second-order valence-corrected chi connectivity index (χ2v) is 6.74. The van der Waals surface area contributed by atoms with Gasteiger partial charge in [-0.1, -0.05) is 23.2 Å². The highest BCUT2D eigenvalue weighted by Gasteiger charge is 2.45. The molecule has 0 aliphatic carbocycles. The van der Waals surface area contributed by atoms with E-state index in [1.807, 2.05) is 19.1 Å². The molecular weight excluding hydrogens is 328 g/mol. The van der Waals surface area contributed by atoms with Gasteiger partial charge in [-0.25, -0.2) is 4.79 Å². The van der Waals surface area contributed by atoms with E-state index in [4.69, 9.17) is 20.8 Å². The maximum Gasteiger partial charge on any atom is 0.336 e. The first-order valence-electron chi connectivity index (χ1n) is 7.60. The molecule has 0 saturated heterocycles. The molecule has 3 aromatic rings. The normalized spacial score (nSPS) is 22.4. The van der Waals surface area contributed by atoms with Crippen LogP contribution in [0.3, 0.4) is 0 Å². The summed E-state index contributed by atoms with van der Waals surface area (Å²) in [4.78, 5) is 12.0. The van der Waals surface area contributed by atoms with Crippen molar-refractivity contribution < 1.29 is 14.3 Å². The van der Waals surface area contributed by atoms with Crippen LogP contribution in [-0.2, 0) is 5.60 Å². The van der Waals surface area contributed by atoms with Gasteiger partial charge in [0.2, 0.25) is 0 Å². The predicted octanol–water partition coefficient (Wildman–Crippen LogP) is 4.10. The van der Waals surface area contributed by atoms with Crippen molar-refractivity contribution in [3.63, 3.8) is 0 Å². The quantitative estimate of drug-likeness (QED) is 0.676. The SMILES string of the molecule is Cc1ccc2oc(=O)cc([C@@H]3Oc4ccc(Cl)cc4[C@]3(C)O)c2c1. The fourth-order valence-electron chi connectivity index (χ4n) is 3.27. The van der Waals surface area contributed by atoms with Crippen LogP contribution in [0.5, 0.6) is 5.75 Å². The molecule has 4 nitrogen and oxygen atoms in total. The second kappa shape index (κ2) is 5.10. The zero-order valence-electron chi connectivity index (χ0n) is 13.2. The summed E-state index contributed by atoms with van der Waals surface area (Å²) in [7, 11) is 0. The third-order valence-corrected chi connectivity index (χ3v) is 4.69. The Bertz CT molecular complexity index is 1020. The minimum Gasteiger partial charge on any atom is -0.482 e. The molecular formula is C19H15ClO4. The van der Waals surface area contributed by atoms with Crippen LogP contribution in [0.25, 0.3) is 11.0 Å². The number of rotatable bonds is 1. The Morgan fingerprint density at radius 3 is 2.75 bits per heavy atom. The van der Waals surface area contributed by atoms with Gasteiger partial charge < -0.3 is 14.3 Å². The molecule has 0 unspecified atom stereocenters. The van der Waals surface area contributed by atoms with Crippen LogP contribution in [0.4, 0.5) is 0 Å². The maximum absolute atomic E-state index is 12.0. The average molecular weight is 343 g/mol. The first kappa shape index (κ1) is 15.2. The van der Waals surface area contributed by atoms with Gasteiger partial charge in [0.25, 0.3) is 0 Å². The standard InChI is InChI=1S/C19H15ClO4/c1-10-3-5-15-12(7-10)13(9-17(21)23-15)18-19(2,22)14-8-11(20)4-6-16(14)24-18/h3-9,18,22H,1-2H3/t18-,19-/m0/s1. The lowest BCUT2D eigenvalue weighted by atomic mass is 9.87. The highest BCUT2D eigenvalue weighted by atomic mass is 35.5. The highest BCUT2D eigenvalue weighted by Crippen LogP contribution is 2.50. The number of halogens is 1. The van der Waals surface area contributed by atoms with Crippen molar-refractivity contribution in [2.75, 3.05) is 0 Å². The van der Waals surface area contributed by atoms with E-state index in [-0.39, 0.29) is 0 Å². The monoisotopic (exact) mass is 342 g/mol. The Labute approximate surface area is 143 Å². The molecule has 2 atom stereocenters. The van der Waals surface area contributed by atoms with Gasteiger partial charge in [0.15, 0.2) is 6.10 Å². The fraction of sp³-hybridized carbons (Fsp3) is 0.211. The minimum atomic E-state index is -1.31. The third kappa shape index (κ3) is 2.22. The van der Waals surface area contributed by atoms with E-state index in [2.05, 4.69) is 0 Å². The second-order valence-electron chi connectivity index (χ2n) is 6.31. The van der Waals surface area contributed by atoms with E-state index >= 15 is 0 Å². The molecule has 0 radical (unpaired) electrons. The van der Waals surface area contributed by atoms with Gasteiger partial charge in [-0.3, -0.25) is 0 Å². The molecule has 4 rings (SSSR count). The smallest absolute Gasteiger partial charge is 0.336 e. The Hall–Kier alpha value is -2.30. The van der Waals surface area contributed by atoms with Crippen LogP contribution in [0, 0.1) is 6.92 Å². The van der Waals surface area contributed by atoms with Gasteiger partial charge in [0, 0.05) is 27.6 Å². The number of benzene rings is 2. The molecule has 0 amide bonds. The van der Waals surface area contributed by atoms with Crippen LogP contribution >= 0.6 is 11.6 Å². The van der Waals surface area contributed by atoms with Crippen molar-refractivity contribution in [1.29, 1.82) is 0 Å². The number of hydrogen-bond donors (Lipinski definition) is 1. The van der Waals surface area contributed by atoms with Crippen LogP contribution in [0.1, 0.15) is 29.7 Å². The molecule has 5 heteroatoms. The van der Waals surface area contributed by atoms with Gasteiger partial charge in [-0.05, 0) is 44.2 Å². The van der Waals surface area contributed by atoms with Crippen molar-refractivity contribution in [2.45, 2.75) is 25.6 Å². The van der Waals surface area contributed by atoms with Crippen LogP contribution in [-0.4, -0.2) is 5.11 Å². The van der Waals surface area contributed by atoms with Crippen molar-refractivity contribution in [3.8, 4) is 5.75 Å². The molecule has 2 heterocycles. The Morgan fingerprint density at radius 2 is 1.96 bits per heavy atom. The molecule has 0 saturated carbocycles. The first-order valence-corrected chi connectivity index (χ1v) is 7.97. The lowest BCUT2D eigenvalue weighted by Gasteiger charge is -2.25. The summed E-state index contributed by atoms with van der Waals surface area (Å²) in [5.41, 5.74) is 0.906. The molecule has 1 N–H and O–H groups in total. The predicted molar refractivity (Wildman–Crippen MR) is 91.6 cm³/mol. The number of aliphatic hydroxyl groups is 1. The van der Waals surface area contributed by atoms with Crippen LogP contribution in [0.15, 0.2) is 51.7 Å². The summed E-state index contributed by atoms with van der Waals surface area (Å²) >= 11 is 6.05. The van der Waals surface area contributed by atoms with E-state index in [0.29, 0.717) is 27.5 Å².